The van der Waals surface area contributed by atoms with E-state index in [0.717, 1.165) is 12.1 Å². The number of rotatable bonds is 2. The summed E-state index contributed by atoms with van der Waals surface area (Å²) >= 11 is 0. The van der Waals surface area contributed by atoms with Crippen molar-refractivity contribution < 1.29 is 27.5 Å². The number of carboxylic acids is 1. The van der Waals surface area contributed by atoms with Gasteiger partial charge in [0.15, 0.2) is 4.75 Å². The summed E-state index contributed by atoms with van der Waals surface area (Å²) in [6.07, 6.45) is 0. The fraction of sp³-hybridized carbons (Fsp3) is 0.273. The second-order valence-electron chi connectivity index (χ2n) is 4.55. The van der Waals surface area contributed by atoms with Crippen molar-refractivity contribution in [2.45, 2.75) is 18.6 Å². The van der Waals surface area contributed by atoms with Gasteiger partial charge in [0.05, 0.1) is 11.3 Å². The van der Waals surface area contributed by atoms with Crippen LogP contribution >= 0.6 is 0 Å². The zero-order chi connectivity index (χ0) is 14.6. The Kier molecular flexibility index (Phi) is 2.67. The van der Waals surface area contributed by atoms with Crippen LogP contribution in [-0.2, 0) is 14.8 Å². The maximum atomic E-state index is 13.0. The Hall–Kier alpha value is -1.96. The molecule has 0 radical (unpaired) electrons. The number of benzene rings is 1. The summed E-state index contributed by atoms with van der Waals surface area (Å²) in [6, 6.07) is 2.53. The Bertz CT molecular complexity index is 695. The third kappa shape index (κ3) is 1.63. The van der Waals surface area contributed by atoms with E-state index < -0.39 is 38.0 Å². The highest BCUT2D eigenvalue weighted by atomic mass is 32.2. The molecule has 19 heavy (non-hydrogen) atoms. The van der Waals surface area contributed by atoms with Crippen molar-refractivity contribution in [2.24, 2.45) is 0 Å². The molecule has 102 valence electrons. The first-order valence-corrected chi connectivity index (χ1v) is 6.67. The fourth-order valence-corrected chi connectivity index (χ4v) is 3.25. The Labute approximate surface area is 108 Å². The second kappa shape index (κ2) is 3.77. The summed E-state index contributed by atoms with van der Waals surface area (Å²) in [7, 11) is -3.97. The molecule has 1 N–H and O–H groups in total. The number of amides is 1. The molecule has 0 aliphatic carbocycles. The monoisotopic (exact) mass is 287 g/mol. The first-order chi connectivity index (χ1) is 8.60. The lowest BCUT2D eigenvalue weighted by Crippen LogP contribution is -2.68. The molecule has 1 aliphatic rings. The Morgan fingerprint density at radius 2 is 1.95 bits per heavy atom. The number of halogens is 1. The SMILES string of the molecule is CC1(C)C(=O)N(c2ccc(F)cc2C(=O)O)S1(=O)=O. The number of aromatic carboxylic acids is 1. The topological polar surface area (TPSA) is 91.8 Å². The van der Waals surface area contributed by atoms with Crippen LogP contribution < -0.4 is 4.31 Å². The van der Waals surface area contributed by atoms with Crippen LogP contribution in [-0.4, -0.2) is 30.1 Å². The van der Waals surface area contributed by atoms with Gasteiger partial charge >= 0.3 is 5.97 Å². The van der Waals surface area contributed by atoms with Gasteiger partial charge in [-0.05, 0) is 32.0 Å². The average molecular weight is 287 g/mol. The Morgan fingerprint density at radius 1 is 1.37 bits per heavy atom. The summed E-state index contributed by atoms with van der Waals surface area (Å²) in [5.41, 5.74) is -0.925. The number of carbonyl (C=O) groups is 2. The van der Waals surface area contributed by atoms with E-state index in [1.807, 2.05) is 0 Å². The zero-order valence-electron chi connectivity index (χ0n) is 10.0. The van der Waals surface area contributed by atoms with Gasteiger partial charge in [0.1, 0.15) is 5.82 Å². The van der Waals surface area contributed by atoms with Gasteiger partial charge < -0.3 is 5.11 Å². The van der Waals surface area contributed by atoms with Crippen molar-refractivity contribution in [1.29, 1.82) is 0 Å². The van der Waals surface area contributed by atoms with Crippen LogP contribution in [0.25, 0.3) is 0 Å². The van der Waals surface area contributed by atoms with E-state index in [9.17, 15) is 22.4 Å². The number of hydrogen-bond acceptors (Lipinski definition) is 4. The standard InChI is InChI=1S/C11H10FNO5S/c1-11(2)10(16)13(19(11,17)18)8-4-3-6(12)5-7(8)9(14)15/h3-5H,1-2H3,(H,14,15). The van der Waals surface area contributed by atoms with Gasteiger partial charge in [-0.2, -0.15) is 0 Å². The molecule has 0 spiro atoms. The van der Waals surface area contributed by atoms with Crippen molar-refractivity contribution in [3.05, 3.63) is 29.6 Å². The molecule has 0 saturated carbocycles. The molecule has 2 rings (SSSR count). The van der Waals surface area contributed by atoms with Gasteiger partial charge in [0.2, 0.25) is 0 Å². The number of nitrogens with zero attached hydrogens (tertiary/aromatic N) is 1. The van der Waals surface area contributed by atoms with Gasteiger partial charge in [0.25, 0.3) is 15.9 Å². The first kappa shape index (κ1) is 13.5. The number of carbonyl (C=O) groups excluding carboxylic acids is 1. The normalized spacial score (nSPS) is 19.9. The summed E-state index contributed by atoms with van der Waals surface area (Å²) in [6.45, 7) is 2.45. The van der Waals surface area contributed by atoms with Crippen molar-refractivity contribution in [2.75, 3.05) is 4.31 Å². The van der Waals surface area contributed by atoms with Crippen LogP contribution in [0.3, 0.4) is 0 Å². The zero-order valence-corrected chi connectivity index (χ0v) is 10.9. The molecule has 0 bridgehead atoms. The molecule has 0 unspecified atom stereocenters. The predicted octanol–water partition coefficient (Wildman–Crippen LogP) is 0.979. The summed E-state index contributed by atoms with van der Waals surface area (Å²) < 4.78 is 35.7. The maximum Gasteiger partial charge on any atom is 0.337 e. The molecule has 1 aliphatic heterocycles. The number of anilines is 1. The van der Waals surface area contributed by atoms with Gasteiger partial charge in [-0.15, -0.1) is 0 Å². The van der Waals surface area contributed by atoms with Gasteiger partial charge in [-0.25, -0.2) is 21.9 Å². The van der Waals surface area contributed by atoms with Gasteiger partial charge in [-0.3, -0.25) is 4.79 Å². The molecule has 0 atom stereocenters. The third-order valence-corrected chi connectivity index (χ3v) is 5.30. The smallest absolute Gasteiger partial charge is 0.337 e. The van der Waals surface area contributed by atoms with E-state index in [2.05, 4.69) is 0 Å². The number of carboxylic acid groups (broad SMARTS) is 1. The highest BCUT2D eigenvalue weighted by Gasteiger charge is 2.61. The first-order valence-electron chi connectivity index (χ1n) is 5.23. The Morgan fingerprint density at radius 3 is 2.42 bits per heavy atom. The van der Waals surface area contributed by atoms with Crippen LogP contribution in [0.5, 0.6) is 0 Å². The average Bonchev–Trinajstić information content (AvgIpc) is 2.30. The second-order valence-corrected chi connectivity index (χ2v) is 6.89. The molecule has 1 aromatic rings. The predicted molar refractivity (Wildman–Crippen MR) is 63.8 cm³/mol. The van der Waals surface area contributed by atoms with Crippen molar-refractivity contribution in [3.8, 4) is 0 Å². The molecule has 1 heterocycles. The van der Waals surface area contributed by atoms with Gasteiger partial charge in [-0.1, -0.05) is 0 Å². The minimum atomic E-state index is -3.97. The highest BCUT2D eigenvalue weighted by molar-refractivity contribution is 7.98. The molecule has 0 aromatic heterocycles. The minimum absolute atomic E-state index is 0.349. The number of sulfonamides is 1. The summed E-state index contributed by atoms with van der Waals surface area (Å²) in [5.74, 6) is -3.09. The lowest BCUT2D eigenvalue weighted by molar-refractivity contribution is -0.120. The molecule has 8 heteroatoms. The van der Waals surface area contributed by atoms with Crippen LogP contribution in [0.15, 0.2) is 18.2 Å². The quantitative estimate of drug-likeness (QED) is 0.875. The summed E-state index contributed by atoms with van der Waals surface area (Å²) in [5, 5.41) is 8.95. The van der Waals surface area contributed by atoms with Gasteiger partial charge in [0, 0.05) is 0 Å². The molecule has 1 amide bonds. The van der Waals surface area contributed by atoms with Crippen LogP contribution in [0.1, 0.15) is 24.2 Å². The Balaban J connectivity index is 2.63. The van der Waals surface area contributed by atoms with E-state index in [-0.39, 0.29) is 5.69 Å². The van der Waals surface area contributed by atoms with E-state index in [1.54, 1.807) is 0 Å². The fourth-order valence-electron chi connectivity index (χ4n) is 1.75. The van der Waals surface area contributed by atoms with E-state index in [0.29, 0.717) is 10.4 Å². The largest absolute Gasteiger partial charge is 0.478 e. The van der Waals surface area contributed by atoms with Crippen molar-refractivity contribution in [3.63, 3.8) is 0 Å². The maximum absolute atomic E-state index is 13.0. The van der Waals surface area contributed by atoms with Crippen molar-refractivity contribution in [1.82, 2.24) is 0 Å². The van der Waals surface area contributed by atoms with Crippen LogP contribution in [0.4, 0.5) is 10.1 Å². The molecule has 1 fully saturated rings. The summed E-state index contributed by atoms with van der Waals surface area (Å²) in [4.78, 5) is 22.8. The molecule has 1 aromatic carbocycles. The number of hydrogen-bond donors (Lipinski definition) is 1. The van der Waals surface area contributed by atoms with E-state index in [4.69, 9.17) is 5.11 Å². The lowest BCUT2D eigenvalue weighted by Gasteiger charge is -2.43. The third-order valence-electron chi connectivity index (χ3n) is 2.99. The highest BCUT2D eigenvalue weighted by Crippen LogP contribution is 2.40. The van der Waals surface area contributed by atoms with Crippen LogP contribution in [0.2, 0.25) is 0 Å². The molecular weight excluding hydrogens is 277 g/mol. The molecular formula is C11H10FNO5S. The van der Waals surface area contributed by atoms with E-state index >= 15 is 0 Å². The molecule has 6 nitrogen and oxygen atoms in total. The lowest BCUT2D eigenvalue weighted by atomic mass is 10.1. The van der Waals surface area contributed by atoms with E-state index in [1.165, 1.54) is 13.8 Å². The minimum Gasteiger partial charge on any atom is -0.478 e. The van der Waals surface area contributed by atoms with Crippen molar-refractivity contribution >= 4 is 27.6 Å². The van der Waals surface area contributed by atoms with Crippen LogP contribution in [0, 0.1) is 5.82 Å². The molecule has 1 saturated heterocycles.